The minimum Gasteiger partial charge on any atom is -0.463 e. The molecule has 0 fully saturated rings. The first-order valence-corrected chi connectivity index (χ1v) is 5.58. The van der Waals surface area contributed by atoms with Crippen molar-refractivity contribution < 1.29 is 9.53 Å². The van der Waals surface area contributed by atoms with Crippen LogP contribution in [0.3, 0.4) is 0 Å². The summed E-state index contributed by atoms with van der Waals surface area (Å²) in [7, 11) is 0. The van der Waals surface area contributed by atoms with E-state index in [0.29, 0.717) is 12.5 Å². The molecule has 1 aromatic carbocycles. The van der Waals surface area contributed by atoms with E-state index in [1.54, 1.807) is 13.0 Å². The Kier molecular flexibility index (Phi) is 4.77. The van der Waals surface area contributed by atoms with Gasteiger partial charge in [-0.25, -0.2) is 4.79 Å². The van der Waals surface area contributed by atoms with E-state index in [2.05, 4.69) is 26.0 Å². The molecule has 0 saturated carbocycles. The fourth-order valence-corrected chi connectivity index (χ4v) is 1.35. The Labute approximate surface area is 96.9 Å². The van der Waals surface area contributed by atoms with Gasteiger partial charge in [-0.2, -0.15) is 0 Å². The summed E-state index contributed by atoms with van der Waals surface area (Å²) in [6.07, 6.45) is 3.22. The largest absolute Gasteiger partial charge is 0.463 e. The molecule has 0 N–H and O–H groups in total. The molecule has 0 spiro atoms. The molecular weight excluding hydrogens is 200 g/mol. The van der Waals surface area contributed by atoms with Crippen LogP contribution in [0.1, 0.15) is 37.8 Å². The van der Waals surface area contributed by atoms with Gasteiger partial charge in [0.2, 0.25) is 0 Å². The van der Waals surface area contributed by atoms with Crippen LogP contribution in [-0.2, 0) is 9.53 Å². The van der Waals surface area contributed by atoms with E-state index in [-0.39, 0.29) is 5.97 Å². The van der Waals surface area contributed by atoms with E-state index in [9.17, 15) is 4.79 Å². The Morgan fingerprint density at radius 2 is 1.94 bits per heavy atom. The molecule has 0 heterocycles. The van der Waals surface area contributed by atoms with E-state index >= 15 is 0 Å². The van der Waals surface area contributed by atoms with Gasteiger partial charge in [0.25, 0.3) is 0 Å². The van der Waals surface area contributed by atoms with Crippen LogP contribution in [0, 0.1) is 0 Å². The van der Waals surface area contributed by atoms with E-state index in [1.165, 1.54) is 11.6 Å². The van der Waals surface area contributed by atoms with Crippen molar-refractivity contribution in [2.24, 2.45) is 0 Å². The Bertz CT molecular complexity index is 361. The third-order valence-corrected chi connectivity index (χ3v) is 2.30. The number of hydrogen-bond donors (Lipinski definition) is 0. The maximum atomic E-state index is 11.1. The fourth-order valence-electron chi connectivity index (χ4n) is 1.35. The molecule has 0 aliphatic rings. The van der Waals surface area contributed by atoms with Crippen molar-refractivity contribution in [2.45, 2.75) is 26.7 Å². The number of carbonyl (C=O) groups excluding carboxylic acids is 1. The Balaban J connectivity index is 2.65. The van der Waals surface area contributed by atoms with Gasteiger partial charge in [-0.05, 0) is 30.0 Å². The first-order valence-electron chi connectivity index (χ1n) is 5.58. The number of ether oxygens (including phenoxy) is 1. The predicted octanol–water partition coefficient (Wildman–Crippen LogP) is 3.39. The standard InChI is InChI=1S/C14H18O2/c1-4-16-14(15)10-7-12-5-8-13(9-6-12)11(2)3/h5-11H,4H2,1-3H3/b10-7+. The Hall–Kier alpha value is -1.57. The molecule has 0 atom stereocenters. The second kappa shape index (κ2) is 6.11. The van der Waals surface area contributed by atoms with Crippen molar-refractivity contribution in [3.63, 3.8) is 0 Å². The monoisotopic (exact) mass is 218 g/mol. The highest BCUT2D eigenvalue weighted by atomic mass is 16.5. The van der Waals surface area contributed by atoms with Gasteiger partial charge in [0.1, 0.15) is 0 Å². The summed E-state index contributed by atoms with van der Waals surface area (Å²) in [5.41, 5.74) is 2.31. The zero-order chi connectivity index (χ0) is 12.0. The summed E-state index contributed by atoms with van der Waals surface area (Å²) in [4.78, 5) is 11.1. The third kappa shape index (κ3) is 3.89. The minimum atomic E-state index is -0.296. The van der Waals surface area contributed by atoms with E-state index in [1.807, 2.05) is 12.1 Å². The predicted molar refractivity (Wildman–Crippen MR) is 66.2 cm³/mol. The highest BCUT2D eigenvalue weighted by Gasteiger charge is 1.98. The number of esters is 1. The molecule has 16 heavy (non-hydrogen) atoms. The van der Waals surface area contributed by atoms with Gasteiger partial charge in [0, 0.05) is 6.08 Å². The van der Waals surface area contributed by atoms with Gasteiger partial charge in [-0.1, -0.05) is 38.1 Å². The lowest BCUT2D eigenvalue weighted by Crippen LogP contribution is -1.98. The van der Waals surface area contributed by atoms with Crippen molar-refractivity contribution in [3.05, 3.63) is 41.5 Å². The molecule has 2 heteroatoms. The van der Waals surface area contributed by atoms with Crippen LogP contribution in [0.25, 0.3) is 6.08 Å². The van der Waals surface area contributed by atoms with Crippen molar-refractivity contribution in [1.29, 1.82) is 0 Å². The van der Waals surface area contributed by atoms with E-state index in [0.717, 1.165) is 5.56 Å². The van der Waals surface area contributed by atoms with Crippen molar-refractivity contribution in [1.82, 2.24) is 0 Å². The number of benzene rings is 1. The summed E-state index contributed by atoms with van der Waals surface area (Å²) < 4.78 is 4.80. The minimum absolute atomic E-state index is 0.296. The van der Waals surface area contributed by atoms with E-state index < -0.39 is 0 Å². The lowest BCUT2D eigenvalue weighted by molar-refractivity contribution is -0.137. The molecule has 1 rings (SSSR count). The van der Waals surface area contributed by atoms with Crippen LogP contribution in [0.2, 0.25) is 0 Å². The summed E-state index contributed by atoms with van der Waals surface area (Å²) in [6.45, 7) is 6.52. The first kappa shape index (κ1) is 12.5. The maximum Gasteiger partial charge on any atom is 0.330 e. The first-order chi connectivity index (χ1) is 7.63. The van der Waals surface area contributed by atoms with Crippen LogP contribution >= 0.6 is 0 Å². The molecule has 0 radical (unpaired) electrons. The smallest absolute Gasteiger partial charge is 0.330 e. The number of hydrogen-bond acceptors (Lipinski definition) is 2. The number of rotatable bonds is 4. The van der Waals surface area contributed by atoms with Crippen molar-refractivity contribution in [3.8, 4) is 0 Å². The van der Waals surface area contributed by atoms with Gasteiger partial charge >= 0.3 is 5.97 Å². The van der Waals surface area contributed by atoms with Crippen LogP contribution in [0.4, 0.5) is 0 Å². The lowest BCUT2D eigenvalue weighted by atomic mass is 10.0. The fraction of sp³-hybridized carbons (Fsp3) is 0.357. The molecule has 1 aromatic rings. The number of carbonyl (C=O) groups is 1. The summed E-state index contributed by atoms with van der Waals surface area (Å²) in [5.74, 6) is 0.235. The molecule has 0 amide bonds. The summed E-state index contributed by atoms with van der Waals surface area (Å²) in [6, 6.07) is 8.17. The molecule has 2 nitrogen and oxygen atoms in total. The van der Waals surface area contributed by atoms with Crippen molar-refractivity contribution in [2.75, 3.05) is 6.61 Å². The second-order valence-corrected chi connectivity index (χ2v) is 3.91. The maximum absolute atomic E-state index is 11.1. The molecule has 0 aromatic heterocycles. The molecule has 0 aliphatic heterocycles. The molecule has 0 unspecified atom stereocenters. The van der Waals surface area contributed by atoms with Crippen molar-refractivity contribution >= 4 is 12.0 Å². The van der Waals surface area contributed by atoms with Gasteiger partial charge in [-0.3, -0.25) is 0 Å². The second-order valence-electron chi connectivity index (χ2n) is 3.91. The van der Waals surface area contributed by atoms with Crippen LogP contribution in [0.15, 0.2) is 30.3 Å². The SMILES string of the molecule is CCOC(=O)/C=C/c1ccc(C(C)C)cc1. The quantitative estimate of drug-likeness (QED) is 0.572. The van der Waals surface area contributed by atoms with Gasteiger partial charge in [0.15, 0.2) is 0 Å². The highest BCUT2D eigenvalue weighted by Crippen LogP contribution is 2.15. The molecule has 0 bridgehead atoms. The van der Waals surface area contributed by atoms with Gasteiger partial charge in [-0.15, -0.1) is 0 Å². The molecule has 86 valence electrons. The van der Waals surface area contributed by atoms with Crippen LogP contribution in [0.5, 0.6) is 0 Å². The normalized spacial score (nSPS) is 11.0. The Morgan fingerprint density at radius 3 is 2.44 bits per heavy atom. The van der Waals surface area contributed by atoms with Gasteiger partial charge < -0.3 is 4.74 Å². The molecule has 0 aliphatic carbocycles. The summed E-state index contributed by atoms with van der Waals surface area (Å²) >= 11 is 0. The van der Waals surface area contributed by atoms with Crippen LogP contribution in [-0.4, -0.2) is 12.6 Å². The average molecular weight is 218 g/mol. The topological polar surface area (TPSA) is 26.3 Å². The Morgan fingerprint density at radius 1 is 1.31 bits per heavy atom. The zero-order valence-corrected chi connectivity index (χ0v) is 10.1. The van der Waals surface area contributed by atoms with Crippen LogP contribution < -0.4 is 0 Å². The highest BCUT2D eigenvalue weighted by molar-refractivity contribution is 5.87. The zero-order valence-electron chi connectivity index (χ0n) is 10.1. The molecule has 0 saturated heterocycles. The van der Waals surface area contributed by atoms with Gasteiger partial charge in [0.05, 0.1) is 6.61 Å². The molecular formula is C14H18O2. The summed E-state index contributed by atoms with van der Waals surface area (Å²) in [5, 5.41) is 0. The average Bonchev–Trinajstić information content (AvgIpc) is 2.27. The van der Waals surface area contributed by atoms with E-state index in [4.69, 9.17) is 4.74 Å². The third-order valence-electron chi connectivity index (χ3n) is 2.30. The lowest BCUT2D eigenvalue weighted by Gasteiger charge is -2.04.